The zero-order chi connectivity index (χ0) is 13.8. The largest absolute Gasteiger partial charge is 0.392 e. The van der Waals surface area contributed by atoms with E-state index in [1.807, 2.05) is 0 Å². The zero-order valence-corrected chi connectivity index (χ0v) is 10.6. The second kappa shape index (κ2) is 6.41. The van der Waals surface area contributed by atoms with Crippen LogP contribution in [0.15, 0.2) is 18.2 Å². The molecular weight excluding hydrogens is 252 g/mol. The fourth-order valence-corrected chi connectivity index (χ4v) is 2.54. The predicted molar refractivity (Wildman–Crippen MR) is 67.6 cm³/mol. The molecular formula is C14H19F2NO2. The molecule has 0 radical (unpaired) electrons. The maximum atomic E-state index is 13.5. The molecule has 0 aromatic heterocycles. The van der Waals surface area contributed by atoms with Gasteiger partial charge in [0.25, 0.3) is 0 Å². The highest BCUT2D eigenvalue weighted by molar-refractivity contribution is 5.22. The average Bonchev–Trinajstić information content (AvgIpc) is 2.37. The van der Waals surface area contributed by atoms with E-state index in [0.717, 1.165) is 37.8 Å². The number of rotatable bonds is 4. The Labute approximate surface area is 111 Å². The van der Waals surface area contributed by atoms with E-state index in [2.05, 4.69) is 5.32 Å². The van der Waals surface area contributed by atoms with Crippen LogP contribution in [0.1, 0.15) is 37.4 Å². The normalized spacial score (nSPS) is 25.3. The van der Waals surface area contributed by atoms with Crippen molar-refractivity contribution in [3.05, 3.63) is 35.4 Å². The van der Waals surface area contributed by atoms with Gasteiger partial charge in [0, 0.05) is 12.6 Å². The van der Waals surface area contributed by atoms with Crippen LogP contribution in [-0.2, 0) is 0 Å². The van der Waals surface area contributed by atoms with Crippen LogP contribution in [-0.4, -0.2) is 28.9 Å². The van der Waals surface area contributed by atoms with Crippen molar-refractivity contribution in [1.29, 1.82) is 0 Å². The topological polar surface area (TPSA) is 52.5 Å². The summed E-state index contributed by atoms with van der Waals surface area (Å²) in [7, 11) is 0. The molecule has 19 heavy (non-hydrogen) atoms. The molecule has 1 fully saturated rings. The van der Waals surface area contributed by atoms with E-state index in [1.54, 1.807) is 0 Å². The standard InChI is InChI=1S/C14H19F2NO2/c15-9-4-3-5-10(16)14(9)13(19)8-17-11-6-1-2-7-12(11)18/h3-5,11-13,17-19H,1-2,6-8H2. The van der Waals surface area contributed by atoms with Gasteiger partial charge >= 0.3 is 0 Å². The minimum atomic E-state index is -1.25. The van der Waals surface area contributed by atoms with Crippen LogP contribution in [0.4, 0.5) is 8.78 Å². The molecule has 2 rings (SSSR count). The summed E-state index contributed by atoms with van der Waals surface area (Å²) < 4.78 is 26.9. The highest BCUT2D eigenvalue weighted by atomic mass is 19.1. The first-order chi connectivity index (χ1) is 9.09. The number of aliphatic hydroxyl groups excluding tert-OH is 2. The number of aliphatic hydroxyl groups is 2. The molecule has 0 heterocycles. The van der Waals surface area contributed by atoms with Crippen molar-refractivity contribution in [2.45, 2.75) is 43.9 Å². The summed E-state index contributed by atoms with van der Waals surface area (Å²) in [5, 5.41) is 22.6. The molecule has 0 spiro atoms. The van der Waals surface area contributed by atoms with Crippen molar-refractivity contribution in [2.75, 3.05) is 6.54 Å². The van der Waals surface area contributed by atoms with Crippen LogP contribution in [0.2, 0.25) is 0 Å². The molecule has 3 N–H and O–H groups in total. The first-order valence-corrected chi connectivity index (χ1v) is 6.63. The number of nitrogens with one attached hydrogen (secondary N) is 1. The molecule has 1 aliphatic carbocycles. The first kappa shape index (κ1) is 14.4. The number of halogens is 2. The van der Waals surface area contributed by atoms with Gasteiger partial charge in [-0.1, -0.05) is 18.9 Å². The maximum Gasteiger partial charge on any atom is 0.131 e. The summed E-state index contributed by atoms with van der Waals surface area (Å²) >= 11 is 0. The minimum absolute atomic E-state index is 0.0274. The van der Waals surface area contributed by atoms with Gasteiger partial charge < -0.3 is 15.5 Å². The molecule has 0 aliphatic heterocycles. The Morgan fingerprint density at radius 2 is 1.84 bits per heavy atom. The molecule has 1 aliphatic rings. The van der Waals surface area contributed by atoms with Crippen LogP contribution in [0.5, 0.6) is 0 Å². The van der Waals surface area contributed by atoms with Gasteiger partial charge in [-0.15, -0.1) is 0 Å². The van der Waals surface area contributed by atoms with Crippen LogP contribution in [0, 0.1) is 11.6 Å². The third-order valence-corrected chi connectivity index (χ3v) is 3.64. The van der Waals surface area contributed by atoms with Gasteiger partial charge in [0.2, 0.25) is 0 Å². The Morgan fingerprint density at radius 1 is 1.21 bits per heavy atom. The van der Waals surface area contributed by atoms with Gasteiger partial charge in [-0.3, -0.25) is 0 Å². The van der Waals surface area contributed by atoms with E-state index in [-0.39, 0.29) is 18.2 Å². The van der Waals surface area contributed by atoms with Crippen LogP contribution in [0.3, 0.4) is 0 Å². The van der Waals surface area contributed by atoms with Crippen molar-refractivity contribution in [2.24, 2.45) is 0 Å². The summed E-state index contributed by atoms with van der Waals surface area (Å²) in [6, 6.07) is 3.39. The third-order valence-electron chi connectivity index (χ3n) is 3.64. The number of hydrogen-bond donors (Lipinski definition) is 3. The van der Waals surface area contributed by atoms with E-state index in [0.29, 0.717) is 0 Å². The number of benzene rings is 1. The summed E-state index contributed by atoms with van der Waals surface area (Å²) in [5.74, 6) is -1.50. The van der Waals surface area contributed by atoms with Crippen molar-refractivity contribution >= 4 is 0 Å². The summed E-state index contributed by atoms with van der Waals surface area (Å²) in [4.78, 5) is 0. The monoisotopic (exact) mass is 271 g/mol. The molecule has 3 nitrogen and oxygen atoms in total. The molecule has 5 heteroatoms. The maximum absolute atomic E-state index is 13.5. The fraction of sp³-hybridized carbons (Fsp3) is 0.571. The lowest BCUT2D eigenvalue weighted by atomic mass is 9.92. The van der Waals surface area contributed by atoms with Crippen LogP contribution >= 0.6 is 0 Å². The van der Waals surface area contributed by atoms with E-state index < -0.39 is 23.8 Å². The van der Waals surface area contributed by atoms with Crippen molar-refractivity contribution in [1.82, 2.24) is 5.32 Å². The number of hydrogen-bond acceptors (Lipinski definition) is 3. The van der Waals surface area contributed by atoms with Gasteiger partial charge in [-0.05, 0) is 25.0 Å². The second-order valence-corrected chi connectivity index (χ2v) is 5.02. The van der Waals surface area contributed by atoms with Crippen molar-refractivity contribution in [3.63, 3.8) is 0 Å². The van der Waals surface area contributed by atoms with Crippen LogP contribution < -0.4 is 5.32 Å². The third kappa shape index (κ3) is 3.49. The fourth-order valence-electron chi connectivity index (χ4n) is 2.54. The van der Waals surface area contributed by atoms with Gasteiger partial charge in [0.05, 0.1) is 17.8 Å². The van der Waals surface area contributed by atoms with E-state index in [4.69, 9.17) is 0 Å². The summed E-state index contributed by atoms with van der Waals surface area (Å²) in [5.41, 5.74) is -0.319. The lowest BCUT2D eigenvalue weighted by molar-refractivity contribution is 0.0787. The molecule has 1 aromatic carbocycles. The minimum Gasteiger partial charge on any atom is -0.392 e. The summed E-state index contributed by atoms with van der Waals surface area (Å²) in [6.45, 7) is 0.0274. The van der Waals surface area contributed by atoms with Gasteiger partial charge in [0.1, 0.15) is 11.6 Å². The molecule has 3 unspecified atom stereocenters. The quantitative estimate of drug-likeness (QED) is 0.784. The SMILES string of the molecule is OC(CNC1CCCCC1O)c1c(F)cccc1F. The molecule has 1 saturated carbocycles. The van der Waals surface area contributed by atoms with E-state index >= 15 is 0 Å². The molecule has 0 amide bonds. The van der Waals surface area contributed by atoms with Gasteiger partial charge in [-0.25, -0.2) is 8.78 Å². The molecule has 106 valence electrons. The Balaban J connectivity index is 1.95. The molecule has 3 atom stereocenters. The first-order valence-electron chi connectivity index (χ1n) is 6.63. The lowest BCUT2D eigenvalue weighted by Gasteiger charge is -2.29. The molecule has 1 aromatic rings. The van der Waals surface area contributed by atoms with Gasteiger partial charge in [-0.2, -0.15) is 0 Å². The predicted octanol–water partition coefficient (Wildman–Crippen LogP) is 1.89. The van der Waals surface area contributed by atoms with Gasteiger partial charge in [0.15, 0.2) is 0 Å². The lowest BCUT2D eigenvalue weighted by Crippen LogP contribution is -2.43. The highest BCUT2D eigenvalue weighted by Gasteiger charge is 2.24. The Kier molecular flexibility index (Phi) is 4.85. The zero-order valence-electron chi connectivity index (χ0n) is 10.6. The second-order valence-electron chi connectivity index (χ2n) is 5.02. The van der Waals surface area contributed by atoms with Crippen molar-refractivity contribution in [3.8, 4) is 0 Å². The molecule has 0 bridgehead atoms. The average molecular weight is 271 g/mol. The Hall–Kier alpha value is -1.04. The molecule has 0 saturated heterocycles. The van der Waals surface area contributed by atoms with E-state index in [1.165, 1.54) is 6.07 Å². The smallest absolute Gasteiger partial charge is 0.131 e. The van der Waals surface area contributed by atoms with E-state index in [9.17, 15) is 19.0 Å². The van der Waals surface area contributed by atoms with Crippen molar-refractivity contribution < 1.29 is 19.0 Å². The Morgan fingerprint density at radius 3 is 2.47 bits per heavy atom. The van der Waals surface area contributed by atoms with Crippen LogP contribution in [0.25, 0.3) is 0 Å². The highest BCUT2D eigenvalue weighted by Crippen LogP contribution is 2.22. The summed E-state index contributed by atoms with van der Waals surface area (Å²) in [6.07, 6.45) is 1.83. The Bertz CT molecular complexity index is 408.